The van der Waals surface area contributed by atoms with Gasteiger partial charge in [-0.05, 0) is 56.8 Å². The molecule has 166 valence electrons. The molecule has 8 heteroatoms. The summed E-state index contributed by atoms with van der Waals surface area (Å²) in [5, 5.41) is 9.86. The van der Waals surface area contributed by atoms with Crippen LogP contribution >= 0.6 is 0 Å². The quantitative estimate of drug-likeness (QED) is 0.463. The fraction of sp³-hybridized carbons (Fsp3) is 0.240. The molecule has 0 aliphatic carbocycles. The van der Waals surface area contributed by atoms with Crippen molar-refractivity contribution in [2.24, 2.45) is 0 Å². The van der Waals surface area contributed by atoms with E-state index in [1.54, 1.807) is 24.5 Å². The topological polar surface area (TPSA) is 84.3 Å². The van der Waals surface area contributed by atoms with Crippen molar-refractivity contribution in [3.8, 4) is 28.6 Å². The van der Waals surface area contributed by atoms with Crippen LogP contribution in [-0.2, 0) is 0 Å². The van der Waals surface area contributed by atoms with E-state index in [1.807, 2.05) is 7.05 Å². The van der Waals surface area contributed by atoms with Crippen LogP contribution in [0, 0.1) is 17.1 Å². The lowest BCUT2D eigenvalue weighted by Crippen LogP contribution is -2.30. The second kappa shape index (κ2) is 8.19. The van der Waals surface area contributed by atoms with Gasteiger partial charge in [0.05, 0.1) is 53.9 Å². The highest BCUT2D eigenvalue weighted by Crippen LogP contribution is 2.34. The summed E-state index contributed by atoms with van der Waals surface area (Å²) in [5.74, 6) is 0.0539. The first-order valence-corrected chi connectivity index (χ1v) is 10.6. The maximum absolute atomic E-state index is 14.6. The standard InChI is InChI=1S/C25H21FN4O3/c1-29-8-3-4-21(29)24-28-23-18(16-7-9-33-14-16)10-15(13-27)11-19(23)25(31)30(24)17-5-6-22(32-2)20(26)12-17/h5-7,9-12,14,21H,3-4,8H2,1-2H3/t21-/m1/s1. The molecule has 1 aliphatic rings. The van der Waals surface area contributed by atoms with Gasteiger partial charge in [-0.2, -0.15) is 5.26 Å². The van der Waals surface area contributed by atoms with E-state index in [1.165, 1.54) is 36.1 Å². The summed E-state index contributed by atoms with van der Waals surface area (Å²) in [5.41, 5.74) is 2.18. The molecule has 0 bridgehead atoms. The van der Waals surface area contributed by atoms with Gasteiger partial charge in [-0.3, -0.25) is 14.3 Å². The molecular weight excluding hydrogens is 423 g/mol. The first-order valence-electron chi connectivity index (χ1n) is 10.6. The average Bonchev–Trinajstić information content (AvgIpc) is 3.50. The molecule has 1 atom stereocenters. The maximum atomic E-state index is 14.6. The van der Waals surface area contributed by atoms with Gasteiger partial charge in [-0.15, -0.1) is 0 Å². The number of halogens is 1. The van der Waals surface area contributed by atoms with Crippen molar-refractivity contribution in [2.75, 3.05) is 20.7 Å². The molecule has 2 aromatic carbocycles. The summed E-state index contributed by atoms with van der Waals surface area (Å²) in [7, 11) is 3.38. The van der Waals surface area contributed by atoms with E-state index in [4.69, 9.17) is 14.1 Å². The summed E-state index contributed by atoms with van der Waals surface area (Å²) >= 11 is 0. The Morgan fingerprint density at radius 1 is 1.27 bits per heavy atom. The van der Waals surface area contributed by atoms with E-state index in [-0.39, 0.29) is 22.7 Å². The monoisotopic (exact) mass is 444 g/mol. The molecule has 1 aliphatic heterocycles. The molecule has 0 amide bonds. The zero-order valence-corrected chi connectivity index (χ0v) is 18.2. The molecule has 0 spiro atoms. The molecule has 0 unspecified atom stereocenters. The van der Waals surface area contributed by atoms with Crippen LogP contribution in [0.1, 0.15) is 30.3 Å². The Bertz CT molecular complexity index is 1450. The molecule has 1 saturated heterocycles. The fourth-order valence-corrected chi connectivity index (χ4v) is 4.51. The highest BCUT2D eigenvalue weighted by Gasteiger charge is 2.29. The molecule has 1 fully saturated rings. The van der Waals surface area contributed by atoms with Crippen molar-refractivity contribution in [1.82, 2.24) is 14.5 Å². The highest BCUT2D eigenvalue weighted by atomic mass is 19.1. The number of nitrogens with zero attached hydrogens (tertiary/aromatic N) is 4. The predicted octanol–water partition coefficient (Wildman–Crippen LogP) is 4.43. The third-order valence-electron chi connectivity index (χ3n) is 6.17. The maximum Gasteiger partial charge on any atom is 0.266 e. The SMILES string of the molecule is COc1ccc(-n2c([C@H]3CCCN3C)nc3c(-c4ccoc4)cc(C#N)cc3c2=O)cc1F. The minimum absolute atomic E-state index is 0.0918. The smallest absolute Gasteiger partial charge is 0.266 e. The predicted molar refractivity (Wildman–Crippen MR) is 121 cm³/mol. The molecular formula is C25H21FN4O3. The Balaban J connectivity index is 1.88. The van der Waals surface area contributed by atoms with Crippen molar-refractivity contribution in [1.29, 1.82) is 5.26 Å². The van der Waals surface area contributed by atoms with Crippen LogP contribution in [-0.4, -0.2) is 35.2 Å². The van der Waals surface area contributed by atoms with Gasteiger partial charge in [0.2, 0.25) is 0 Å². The third-order valence-corrected chi connectivity index (χ3v) is 6.17. The number of nitriles is 1. The molecule has 5 rings (SSSR count). The Kier molecular flexibility index (Phi) is 5.19. The van der Waals surface area contributed by atoms with Crippen molar-refractivity contribution in [2.45, 2.75) is 18.9 Å². The van der Waals surface area contributed by atoms with Crippen LogP contribution < -0.4 is 10.3 Å². The molecule has 7 nitrogen and oxygen atoms in total. The van der Waals surface area contributed by atoms with Gasteiger partial charge >= 0.3 is 0 Å². The molecule has 0 saturated carbocycles. The Hall–Kier alpha value is -3.96. The molecule has 33 heavy (non-hydrogen) atoms. The van der Waals surface area contributed by atoms with E-state index in [9.17, 15) is 14.4 Å². The van der Waals surface area contributed by atoms with Crippen molar-refractivity contribution in [3.05, 3.63) is 76.5 Å². The Labute approximate surface area is 189 Å². The number of rotatable bonds is 4. The first kappa shape index (κ1) is 20.9. The van der Waals surface area contributed by atoms with Crippen LogP contribution in [0.25, 0.3) is 27.7 Å². The van der Waals surface area contributed by atoms with Gasteiger partial charge < -0.3 is 9.15 Å². The van der Waals surface area contributed by atoms with Crippen LogP contribution in [0.3, 0.4) is 0 Å². The third kappa shape index (κ3) is 3.47. The summed E-state index contributed by atoms with van der Waals surface area (Å²) in [6, 6.07) is 11.4. The number of likely N-dealkylation sites (tertiary alicyclic amines) is 1. The molecule has 4 aromatic rings. The van der Waals surface area contributed by atoms with Gasteiger partial charge in [0.25, 0.3) is 5.56 Å². The minimum Gasteiger partial charge on any atom is -0.494 e. The van der Waals surface area contributed by atoms with Crippen LogP contribution in [0.15, 0.2) is 58.1 Å². The van der Waals surface area contributed by atoms with E-state index in [0.717, 1.165) is 24.9 Å². The summed E-state index contributed by atoms with van der Waals surface area (Å²) in [6.07, 6.45) is 4.88. The molecule has 0 radical (unpaired) electrons. The van der Waals surface area contributed by atoms with E-state index >= 15 is 0 Å². The Morgan fingerprint density at radius 2 is 2.12 bits per heavy atom. The minimum atomic E-state index is -0.572. The lowest BCUT2D eigenvalue weighted by Gasteiger charge is -2.24. The van der Waals surface area contributed by atoms with Gasteiger partial charge in [0.15, 0.2) is 11.6 Å². The largest absolute Gasteiger partial charge is 0.494 e. The number of aromatic nitrogens is 2. The van der Waals surface area contributed by atoms with Gasteiger partial charge in [-0.25, -0.2) is 9.37 Å². The Morgan fingerprint density at radius 3 is 2.76 bits per heavy atom. The number of ether oxygens (including phenoxy) is 1. The van der Waals surface area contributed by atoms with Crippen LogP contribution in [0.4, 0.5) is 4.39 Å². The van der Waals surface area contributed by atoms with Crippen molar-refractivity contribution >= 4 is 10.9 Å². The number of methoxy groups -OCH3 is 1. The molecule has 3 heterocycles. The highest BCUT2D eigenvalue weighted by molar-refractivity contribution is 5.94. The zero-order chi connectivity index (χ0) is 23.1. The van der Waals surface area contributed by atoms with E-state index in [2.05, 4.69) is 11.0 Å². The number of hydrogen-bond donors (Lipinski definition) is 0. The van der Waals surface area contributed by atoms with Gasteiger partial charge in [-0.1, -0.05) is 0 Å². The fourth-order valence-electron chi connectivity index (χ4n) is 4.51. The van der Waals surface area contributed by atoms with Crippen molar-refractivity contribution in [3.63, 3.8) is 0 Å². The number of furan rings is 1. The first-order chi connectivity index (χ1) is 16.0. The molecule has 2 aromatic heterocycles. The summed E-state index contributed by atoms with van der Waals surface area (Å²) in [6.45, 7) is 0.873. The van der Waals surface area contributed by atoms with Crippen molar-refractivity contribution < 1.29 is 13.5 Å². The van der Waals surface area contributed by atoms with Crippen LogP contribution in [0.5, 0.6) is 5.75 Å². The lowest BCUT2D eigenvalue weighted by atomic mass is 10.0. The summed E-state index contributed by atoms with van der Waals surface area (Å²) < 4.78 is 26.3. The number of fused-ring (bicyclic) bond motifs is 1. The van der Waals surface area contributed by atoms with Crippen LogP contribution in [0.2, 0.25) is 0 Å². The zero-order valence-electron chi connectivity index (χ0n) is 18.2. The number of benzene rings is 2. The number of hydrogen-bond acceptors (Lipinski definition) is 6. The summed E-state index contributed by atoms with van der Waals surface area (Å²) in [4.78, 5) is 21.0. The molecule has 0 N–H and O–H groups in total. The van der Waals surface area contributed by atoms with Gasteiger partial charge in [0, 0.05) is 17.2 Å². The van der Waals surface area contributed by atoms with E-state index in [0.29, 0.717) is 28.2 Å². The van der Waals surface area contributed by atoms with E-state index < -0.39 is 5.82 Å². The van der Waals surface area contributed by atoms with Gasteiger partial charge in [0.1, 0.15) is 5.82 Å². The average molecular weight is 444 g/mol. The lowest BCUT2D eigenvalue weighted by molar-refractivity contribution is 0.301. The second-order valence-corrected chi connectivity index (χ2v) is 8.11. The normalized spacial score (nSPS) is 16.2. The second-order valence-electron chi connectivity index (χ2n) is 8.11.